The number of fused-ring (bicyclic) bond motifs is 1. The number of carbonyl (C=O) groups is 1. The molecule has 0 saturated heterocycles. The number of hydrogen-bond donors (Lipinski definition) is 4. The summed E-state index contributed by atoms with van der Waals surface area (Å²) in [4.78, 5) is 18.7. The molecule has 7 heteroatoms. The molecule has 1 aromatic heterocycles. The van der Waals surface area contributed by atoms with E-state index in [0.29, 0.717) is 18.8 Å². The van der Waals surface area contributed by atoms with Crippen LogP contribution in [0.3, 0.4) is 0 Å². The average molecular weight is 282 g/mol. The minimum absolute atomic E-state index is 0. The molecule has 0 fully saturated rings. The largest absolute Gasteiger partial charge is 0.370 e. The average Bonchev–Trinajstić information content (AvgIpc) is 2.80. The van der Waals surface area contributed by atoms with Crippen LogP contribution in [0.15, 0.2) is 35.3 Å². The van der Waals surface area contributed by atoms with Crippen molar-refractivity contribution in [2.45, 2.75) is 0 Å². The molecule has 0 aliphatic carbocycles. The van der Waals surface area contributed by atoms with Crippen molar-refractivity contribution in [3.8, 4) is 0 Å². The Balaban J connectivity index is 0.00000180. The third-order valence-electron chi connectivity index (χ3n) is 2.43. The van der Waals surface area contributed by atoms with Gasteiger partial charge >= 0.3 is 0 Å². The first-order valence-electron chi connectivity index (χ1n) is 5.60. The summed E-state index contributed by atoms with van der Waals surface area (Å²) in [5, 5.41) is 3.47. The maximum Gasteiger partial charge on any atom is 0.274 e. The Morgan fingerprint density at radius 1 is 1.37 bits per heavy atom. The molecule has 0 bridgehead atoms. The van der Waals surface area contributed by atoms with E-state index in [1.165, 1.54) is 0 Å². The Morgan fingerprint density at radius 2 is 2.11 bits per heavy atom. The molecule has 1 amide bonds. The number of guanidine groups is 1. The smallest absolute Gasteiger partial charge is 0.274 e. The summed E-state index contributed by atoms with van der Waals surface area (Å²) in [5.41, 5.74) is 12.2. The number of nitrogens with two attached hydrogens (primary N) is 2. The molecule has 6 nitrogen and oxygen atoms in total. The summed E-state index contributed by atoms with van der Waals surface area (Å²) >= 11 is 0. The van der Waals surface area contributed by atoms with E-state index in [9.17, 15) is 4.79 Å². The Bertz CT molecular complexity index is 560. The first kappa shape index (κ1) is 15.0. The highest BCUT2D eigenvalue weighted by molar-refractivity contribution is 6.06. The van der Waals surface area contributed by atoms with Crippen LogP contribution in [-0.4, -0.2) is 29.9 Å². The summed E-state index contributed by atoms with van der Waals surface area (Å²) in [6.07, 6.45) is 0. The number of nitrogens with zero attached hydrogens (tertiary/aromatic N) is 1. The van der Waals surface area contributed by atoms with E-state index in [1.54, 1.807) is 6.07 Å². The van der Waals surface area contributed by atoms with Gasteiger partial charge in [0.25, 0.3) is 5.91 Å². The zero-order valence-corrected chi connectivity index (χ0v) is 11.0. The molecule has 0 unspecified atom stereocenters. The normalized spacial score (nSPS) is 11.1. The van der Waals surface area contributed by atoms with Crippen molar-refractivity contribution in [3.05, 3.63) is 36.0 Å². The topological polar surface area (TPSA) is 109 Å². The van der Waals surface area contributed by atoms with Gasteiger partial charge in [-0.3, -0.25) is 15.1 Å². The maximum absolute atomic E-state index is 11.9. The quantitative estimate of drug-likeness (QED) is 0.488. The molecule has 6 N–H and O–H groups in total. The van der Waals surface area contributed by atoms with Gasteiger partial charge in [0.15, 0.2) is 5.96 Å². The van der Waals surface area contributed by atoms with Crippen LogP contribution in [0.1, 0.15) is 10.5 Å². The van der Waals surface area contributed by atoms with Crippen molar-refractivity contribution >= 4 is 35.2 Å². The monoisotopic (exact) mass is 281 g/mol. The lowest BCUT2D eigenvalue weighted by atomic mass is 10.2. The summed E-state index contributed by atoms with van der Waals surface area (Å²) in [5.74, 6) is -0.242. The SMILES string of the molecule is Cl.NCCN=C(N)NC(=O)c1cc2ccccc2[nH]1. The Labute approximate surface area is 116 Å². The summed E-state index contributed by atoms with van der Waals surface area (Å²) in [6, 6.07) is 9.40. The molecule has 2 aromatic rings. The lowest BCUT2D eigenvalue weighted by molar-refractivity contribution is 0.0972. The van der Waals surface area contributed by atoms with Crippen LogP contribution in [0, 0.1) is 0 Å². The standard InChI is InChI=1S/C12H15N5O.ClH/c13-5-6-15-12(14)17-11(18)10-7-8-3-1-2-4-9(8)16-10;/h1-4,7,16H,5-6,13H2,(H3,14,15,17,18);1H. The highest BCUT2D eigenvalue weighted by Crippen LogP contribution is 2.14. The Morgan fingerprint density at radius 3 is 2.79 bits per heavy atom. The second-order valence-corrected chi connectivity index (χ2v) is 3.78. The van der Waals surface area contributed by atoms with Gasteiger partial charge in [0, 0.05) is 17.4 Å². The predicted molar refractivity (Wildman–Crippen MR) is 78.6 cm³/mol. The number of nitrogens with one attached hydrogen (secondary N) is 2. The van der Waals surface area contributed by atoms with E-state index in [1.807, 2.05) is 24.3 Å². The van der Waals surface area contributed by atoms with Gasteiger partial charge in [0.1, 0.15) is 5.69 Å². The van der Waals surface area contributed by atoms with Crippen LogP contribution in [0.4, 0.5) is 0 Å². The number of hydrogen-bond acceptors (Lipinski definition) is 3. The number of aromatic amines is 1. The van der Waals surface area contributed by atoms with Gasteiger partial charge in [0.05, 0.1) is 6.54 Å². The number of amides is 1. The number of benzene rings is 1. The summed E-state index contributed by atoms with van der Waals surface area (Å²) in [7, 11) is 0. The maximum atomic E-state index is 11.9. The van der Waals surface area contributed by atoms with Crippen molar-refractivity contribution in [3.63, 3.8) is 0 Å². The van der Waals surface area contributed by atoms with Gasteiger partial charge in [-0.1, -0.05) is 18.2 Å². The van der Waals surface area contributed by atoms with Gasteiger partial charge in [-0.25, -0.2) is 0 Å². The van der Waals surface area contributed by atoms with E-state index < -0.39 is 0 Å². The van der Waals surface area contributed by atoms with Crippen molar-refractivity contribution in [2.24, 2.45) is 16.5 Å². The zero-order valence-electron chi connectivity index (χ0n) is 10.2. The fraction of sp³-hybridized carbons (Fsp3) is 0.167. The third-order valence-corrected chi connectivity index (χ3v) is 2.43. The molecule has 1 aromatic carbocycles. The number of aliphatic imine (C=N–C) groups is 1. The van der Waals surface area contributed by atoms with Crippen LogP contribution in [0.2, 0.25) is 0 Å². The molecule has 1 heterocycles. The molecule has 19 heavy (non-hydrogen) atoms. The van der Waals surface area contributed by atoms with Crippen LogP contribution < -0.4 is 16.8 Å². The molecular weight excluding hydrogens is 266 g/mol. The minimum Gasteiger partial charge on any atom is -0.370 e. The van der Waals surface area contributed by atoms with Gasteiger partial charge in [0.2, 0.25) is 0 Å². The van der Waals surface area contributed by atoms with E-state index in [2.05, 4.69) is 15.3 Å². The van der Waals surface area contributed by atoms with Crippen molar-refractivity contribution < 1.29 is 4.79 Å². The van der Waals surface area contributed by atoms with Crippen molar-refractivity contribution in [2.75, 3.05) is 13.1 Å². The first-order chi connectivity index (χ1) is 8.70. The molecule has 0 spiro atoms. The lowest BCUT2D eigenvalue weighted by Gasteiger charge is -2.01. The predicted octanol–water partition coefficient (Wildman–Crippen LogP) is 0.593. The van der Waals surface area contributed by atoms with E-state index >= 15 is 0 Å². The summed E-state index contributed by atoms with van der Waals surface area (Å²) in [6.45, 7) is 0.780. The number of para-hydroxylation sites is 1. The number of rotatable bonds is 3. The fourth-order valence-corrected chi connectivity index (χ4v) is 1.60. The molecule has 0 radical (unpaired) electrons. The van der Waals surface area contributed by atoms with Gasteiger partial charge in [-0.15, -0.1) is 12.4 Å². The summed E-state index contributed by atoms with van der Waals surface area (Å²) < 4.78 is 0. The van der Waals surface area contributed by atoms with E-state index in [-0.39, 0.29) is 24.3 Å². The number of H-pyrrole nitrogens is 1. The van der Waals surface area contributed by atoms with Crippen LogP contribution in [0.5, 0.6) is 0 Å². The molecule has 0 saturated carbocycles. The fourth-order valence-electron chi connectivity index (χ4n) is 1.60. The van der Waals surface area contributed by atoms with E-state index in [0.717, 1.165) is 10.9 Å². The number of halogens is 1. The first-order valence-corrected chi connectivity index (χ1v) is 5.60. The van der Waals surface area contributed by atoms with Crippen LogP contribution >= 0.6 is 12.4 Å². The second-order valence-electron chi connectivity index (χ2n) is 3.78. The number of aromatic nitrogens is 1. The minimum atomic E-state index is -0.315. The Hall–Kier alpha value is -2.05. The molecular formula is C12H16ClN5O. The molecule has 0 aliphatic heterocycles. The third kappa shape index (κ3) is 3.70. The molecule has 0 aliphatic rings. The molecule has 0 atom stereocenters. The van der Waals surface area contributed by atoms with E-state index in [4.69, 9.17) is 11.5 Å². The molecule has 102 valence electrons. The lowest BCUT2D eigenvalue weighted by Crippen LogP contribution is -2.37. The van der Waals surface area contributed by atoms with Gasteiger partial charge in [-0.05, 0) is 12.1 Å². The van der Waals surface area contributed by atoms with Crippen molar-refractivity contribution in [1.29, 1.82) is 0 Å². The zero-order chi connectivity index (χ0) is 13.0. The van der Waals surface area contributed by atoms with Crippen LogP contribution in [0.25, 0.3) is 10.9 Å². The van der Waals surface area contributed by atoms with Gasteiger partial charge in [-0.2, -0.15) is 0 Å². The molecule has 2 rings (SSSR count). The second kappa shape index (κ2) is 6.77. The van der Waals surface area contributed by atoms with Crippen LogP contribution in [-0.2, 0) is 0 Å². The highest BCUT2D eigenvalue weighted by Gasteiger charge is 2.09. The highest BCUT2D eigenvalue weighted by atomic mass is 35.5. The number of carbonyl (C=O) groups excluding carboxylic acids is 1. The van der Waals surface area contributed by atoms with Crippen molar-refractivity contribution in [1.82, 2.24) is 10.3 Å². The van der Waals surface area contributed by atoms with Gasteiger partial charge < -0.3 is 16.5 Å². The Kier molecular flexibility index (Phi) is 5.35.